The summed E-state index contributed by atoms with van der Waals surface area (Å²) in [5, 5.41) is 0. The number of hydrogen-bond donors (Lipinski definition) is 1. The summed E-state index contributed by atoms with van der Waals surface area (Å²) in [4.78, 5) is 2.52. The lowest BCUT2D eigenvalue weighted by atomic mass is 10.1. The number of nitrogens with two attached hydrogens (primary N) is 1. The molecule has 1 aromatic heterocycles. The van der Waals surface area contributed by atoms with E-state index in [1.54, 1.807) is 0 Å². The van der Waals surface area contributed by atoms with E-state index in [-0.39, 0.29) is 6.04 Å². The molecule has 20 heavy (non-hydrogen) atoms. The Hall–Kier alpha value is -0.800. The average Bonchev–Trinajstić information content (AvgIpc) is 3.31. The lowest BCUT2D eigenvalue weighted by Crippen LogP contribution is -2.39. The van der Waals surface area contributed by atoms with Crippen LogP contribution in [0.25, 0.3) is 0 Å². The van der Waals surface area contributed by atoms with E-state index in [0.717, 1.165) is 24.1 Å². The average molecular weight is 276 g/mol. The van der Waals surface area contributed by atoms with Crippen LogP contribution in [0.4, 0.5) is 0 Å². The van der Waals surface area contributed by atoms with Gasteiger partial charge >= 0.3 is 0 Å². The van der Waals surface area contributed by atoms with Crippen molar-refractivity contribution in [3.63, 3.8) is 0 Å². The highest BCUT2D eigenvalue weighted by Gasteiger charge is 2.37. The summed E-state index contributed by atoms with van der Waals surface area (Å²) in [6.07, 6.45) is 4.03. The van der Waals surface area contributed by atoms with Crippen LogP contribution in [-0.4, -0.2) is 24.0 Å². The van der Waals surface area contributed by atoms with Gasteiger partial charge in [-0.05, 0) is 57.1 Å². The van der Waals surface area contributed by atoms with E-state index in [9.17, 15) is 0 Å². The van der Waals surface area contributed by atoms with Gasteiger partial charge in [-0.25, -0.2) is 0 Å². The number of furan rings is 1. The Labute approximate surface area is 122 Å². The predicted octanol–water partition coefficient (Wildman–Crippen LogP) is 3.52. The summed E-state index contributed by atoms with van der Waals surface area (Å²) in [6, 6.07) is 5.07. The maximum atomic E-state index is 6.14. The van der Waals surface area contributed by atoms with E-state index in [1.165, 1.54) is 25.0 Å². The summed E-state index contributed by atoms with van der Waals surface area (Å²) >= 11 is 0. The van der Waals surface area contributed by atoms with E-state index < -0.39 is 0 Å². The van der Waals surface area contributed by atoms with Crippen LogP contribution in [0.1, 0.15) is 63.5 Å². The first kappa shape index (κ1) is 14.2. The van der Waals surface area contributed by atoms with Crippen molar-refractivity contribution in [1.29, 1.82) is 0 Å². The molecule has 0 bridgehead atoms. The van der Waals surface area contributed by atoms with Crippen molar-refractivity contribution in [2.45, 2.75) is 58.0 Å². The molecule has 0 aliphatic heterocycles. The molecule has 0 aromatic carbocycles. The smallest absolute Gasteiger partial charge is 0.122 e. The Kier molecular flexibility index (Phi) is 3.91. The Morgan fingerprint density at radius 3 is 2.55 bits per heavy atom. The number of rotatable bonds is 7. The van der Waals surface area contributed by atoms with Gasteiger partial charge in [-0.1, -0.05) is 6.92 Å². The molecule has 112 valence electrons. The van der Waals surface area contributed by atoms with Gasteiger partial charge in [0.1, 0.15) is 11.5 Å². The Morgan fingerprint density at radius 2 is 2.05 bits per heavy atom. The summed E-state index contributed by atoms with van der Waals surface area (Å²) in [7, 11) is 0. The van der Waals surface area contributed by atoms with Crippen molar-refractivity contribution in [1.82, 2.24) is 4.90 Å². The van der Waals surface area contributed by atoms with Crippen LogP contribution >= 0.6 is 0 Å². The topological polar surface area (TPSA) is 42.4 Å². The second-order valence-corrected chi connectivity index (χ2v) is 7.05. The number of nitrogens with zero attached hydrogens (tertiary/aromatic N) is 1. The molecule has 3 nitrogen and oxygen atoms in total. The van der Waals surface area contributed by atoms with E-state index in [1.807, 2.05) is 0 Å². The van der Waals surface area contributed by atoms with Crippen molar-refractivity contribution < 1.29 is 4.42 Å². The second-order valence-electron chi connectivity index (χ2n) is 7.05. The molecule has 0 spiro atoms. The third kappa shape index (κ3) is 2.94. The van der Waals surface area contributed by atoms with Gasteiger partial charge in [-0.15, -0.1) is 0 Å². The Balaban J connectivity index is 1.74. The molecule has 2 N–H and O–H groups in total. The van der Waals surface area contributed by atoms with Crippen molar-refractivity contribution >= 4 is 0 Å². The first-order valence-corrected chi connectivity index (χ1v) is 8.15. The SMILES string of the molecule is CC1CC1c1ccc(C(CN)N(CC2CC2)C(C)C)o1. The zero-order valence-electron chi connectivity index (χ0n) is 13.0. The predicted molar refractivity (Wildman–Crippen MR) is 81.6 cm³/mol. The molecule has 0 radical (unpaired) electrons. The lowest BCUT2D eigenvalue weighted by molar-refractivity contribution is 0.131. The largest absolute Gasteiger partial charge is 0.464 e. The molecule has 0 amide bonds. The van der Waals surface area contributed by atoms with Gasteiger partial charge in [0.2, 0.25) is 0 Å². The molecule has 2 fully saturated rings. The lowest BCUT2D eigenvalue weighted by Gasteiger charge is -2.33. The van der Waals surface area contributed by atoms with Gasteiger partial charge in [0.15, 0.2) is 0 Å². The summed E-state index contributed by atoms with van der Waals surface area (Å²) in [5.74, 6) is 4.55. The standard InChI is InChI=1S/C17H28N2O/c1-11(2)19(10-13-4-5-13)15(9-18)17-7-6-16(20-17)14-8-12(14)3/h6-7,11-15H,4-5,8-10,18H2,1-3H3. The van der Waals surface area contributed by atoms with Gasteiger partial charge in [-0.2, -0.15) is 0 Å². The first-order chi connectivity index (χ1) is 9.60. The minimum absolute atomic E-state index is 0.235. The van der Waals surface area contributed by atoms with Gasteiger partial charge < -0.3 is 10.2 Å². The van der Waals surface area contributed by atoms with Crippen LogP contribution in [0.15, 0.2) is 16.5 Å². The van der Waals surface area contributed by atoms with E-state index >= 15 is 0 Å². The van der Waals surface area contributed by atoms with Crippen LogP contribution in [0, 0.1) is 11.8 Å². The molecule has 3 heteroatoms. The van der Waals surface area contributed by atoms with Crippen molar-refractivity contribution in [2.75, 3.05) is 13.1 Å². The zero-order valence-corrected chi connectivity index (χ0v) is 13.0. The first-order valence-electron chi connectivity index (χ1n) is 8.15. The van der Waals surface area contributed by atoms with E-state index in [0.29, 0.717) is 18.5 Å². The molecule has 2 aliphatic carbocycles. The summed E-state index contributed by atoms with van der Waals surface area (Å²) in [6.45, 7) is 8.62. The minimum Gasteiger partial charge on any atom is -0.464 e. The highest BCUT2D eigenvalue weighted by atomic mass is 16.3. The molecule has 3 unspecified atom stereocenters. The fourth-order valence-corrected chi connectivity index (χ4v) is 3.18. The van der Waals surface area contributed by atoms with Gasteiger partial charge in [-0.3, -0.25) is 4.90 Å². The normalized spacial score (nSPS) is 27.3. The maximum Gasteiger partial charge on any atom is 0.122 e. The monoisotopic (exact) mass is 276 g/mol. The van der Waals surface area contributed by atoms with Gasteiger partial charge in [0, 0.05) is 25.0 Å². The van der Waals surface area contributed by atoms with Crippen molar-refractivity contribution in [3.8, 4) is 0 Å². The molecule has 1 aromatic rings. The third-order valence-electron chi connectivity index (χ3n) is 4.90. The quantitative estimate of drug-likeness (QED) is 0.828. The van der Waals surface area contributed by atoms with E-state index in [4.69, 9.17) is 10.2 Å². The van der Waals surface area contributed by atoms with Crippen LogP contribution in [0.5, 0.6) is 0 Å². The molecule has 3 rings (SSSR count). The highest BCUT2D eigenvalue weighted by molar-refractivity contribution is 5.19. The third-order valence-corrected chi connectivity index (χ3v) is 4.90. The fourth-order valence-electron chi connectivity index (χ4n) is 3.18. The highest BCUT2D eigenvalue weighted by Crippen LogP contribution is 2.48. The van der Waals surface area contributed by atoms with E-state index in [2.05, 4.69) is 37.8 Å². The number of hydrogen-bond acceptors (Lipinski definition) is 3. The van der Waals surface area contributed by atoms with Crippen LogP contribution in [0.3, 0.4) is 0 Å². The molecule has 3 atom stereocenters. The second kappa shape index (κ2) is 5.53. The van der Waals surface area contributed by atoms with Crippen molar-refractivity contribution in [3.05, 3.63) is 23.7 Å². The van der Waals surface area contributed by atoms with Gasteiger partial charge in [0.05, 0.1) is 6.04 Å². The summed E-state index contributed by atoms with van der Waals surface area (Å²) < 4.78 is 6.14. The van der Waals surface area contributed by atoms with Crippen LogP contribution in [0.2, 0.25) is 0 Å². The van der Waals surface area contributed by atoms with Crippen LogP contribution < -0.4 is 5.73 Å². The molecule has 2 saturated carbocycles. The van der Waals surface area contributed by atoms with Crippen LogP contribution in [-0.2, 0) is 0 Å². The molecular weight excluding hydrogens is 248 g/mol. The molecular formula is C17H28N2O. The fraction of sp³-hybridized carbons (Fsp3) is 0.765. The van der Waals surface area contributed by atoms with Crippen molar-refractivity contribution in [2.24, 2.45) is 17.6 Å². The molecule has 0 saturated heterocycles. The Bertz CT molecular complexity index is 450. The maximum absolute atomic E-state index is 6.14. The summed E-state index contributed by atoms with van der Waals surface area (Å²) in [5.41, 5.74) is 6.07. The zero-order chi connectivity index (χ0) is 14.3. The molecule has 2 aliphatic rings. The minimum atomic E-state index is 0.235. The Morgan fingerprint density at radius 1 is 1.35 bits per heavy atom. The van der Waals surface area contributed by atoms with Gasteiger partial charge in [0.25, 0.3) is 0 Å². The molecule has 1 heterocycles.